The molecule has 3 nitrogen and oxygen atoms in total. The van der Waals surface area contributed by atoms with E-state index in [0.29, 0.717) is 5.75 Å². The molecule has 134 valence electrons. The highest BCUT2D eigenvalue weighted by atomic mass is 19.4. The van der Waals surface area contributed by atoms with E-state index in [1.165, 1.54) is 12.1 Å². The number of amides is 1. The number of ether oxygens (including phenoxy) is 1. The van der Waals surface area contributed by atoms with Gasteiger partial charge in [-0.05, 0) is 54.3 Å². The third kappa shape index (κ3) is 5.24. The Balaban J connectivity index is 1.98. The van der Waals surface area contributed by atoms with Crippen LogP contribution in [0, 0.1) is 6.92 Å². The number of anilines is 1. The summed E-state index contributed by atoms with van der Waals surface area (Å²) in [5.74, 6) is 0.446. The summed E-state index contributed by atoms with van der Waals surface area (Å²) < 4.78 is 43.2. The van der Waals surface area contributed by atoms with Crippen LogP contribution in [0.4, 0.5) is 18.9 Å². The smallest absolute Gasteiger partial charge is 0.416 e. The van der Waals surface area contributed by atoms with Crippen LogP contribution in [0.1, 0.15) is 36.5 Å². The van der Waals surface area contributed by atoms with Crippen LogP contribution in [0.15, 0.2) is 42.5 Å². The van der Waals surface area contributed by atoms with Crippen LogP contribution in [-0.2, 0) is 11.0 Å². The van der Waals surface area contributed by atoms with Crippen LogP contribution in [0.25, 0.3) is 0 Å². The maximum absolute atomic E-state index is 12.5. The summed E-state index contributed by atoms with van der Waals surface area (Å²) in [6, 6.07) is 10.1. The van der Waals surface area contributed by atoms with Gasteiger partial charge in [0, 0.05) is 5.69 Å². The average Bonchev–Trinajstić information content (AvgIpc) is 2.52. The molecule has 25 heavy (non-hydrogen) atoms. The lowest BCUT2D eigenvalue weighted by Crippen LogP contribution is -2.20. The molecule has 0 heterocycles. The lowest BCUT2D eigenvalue weighted by atomic mass is 10.0. The molecular formula is C19H20F3NO2. The quantitative estimate of drug-likeness (QED) is 0.808. The van der Waals surface area contributed by atoms with Gasteiger partial charge in [-0.25, -0.2) is 0 Å². The molecule has 0 atom stereocenters. The minimum atomic E-state index is -4.40. The van der Waals surface area contributed by atoms with Crippen LogP contribution in [0.5, 0.6) is 5.75 Å². The van der Waals surface area contributed by atoms with E-state index in [4.69, 9.17) is 4.74 Å². The molecule has 2 aromatic rings. The van der Waals surface area contributed by atoms with Gasteiger partial charge in [-0.2, -0.15) is 13.2 Å². The van der Waals surface area contributed by atoms with Gasteiger partial charge in [0.25, 0.3) is 5.91 Å². The number of rotatable bonds is 5. The van der Waals surface area contributed by atoms with Crippen LogP contribution < -0.4 is 10.1 Å². The molecule has 0 aliphatic rings. The van der Waals surface area contributed by atoms with Crippen molar-refractivity contribution in [3.05, 3.63) is 59.2 Å². The van der Waals surface area contributed by atoms with Crippen LogP contribution in [0.3, 0.4) is 0 Å². The van der Waals surface area contributed by atoms with Crippen molar-refractivity contribution < 1.29 is 22.7 Å². The molecule has 0 aliphatic heterocycles. The normalized spacial score (nSPS) is 11.5. The Labute approximate surface area is 144 Å². The minimum Gasteiger partial charge on any atom is -0.483 e. The Bertz CT molecular complexity index is 737. The van der Waals surface area contributed by atoms with Gasteiger partial charge in [0.1, 0.15) is 5.75 Å². The zero-order valence-electron chi connectivity index (χ0n) is 14.3. The van der Waals surface area contributed by atoms with Crippen LogP contribution in [-0.4, -0.2) is 12.5 Å². The highest BCUT2D eigenvalue weighted by Gasteiger charge is 2.29. The predicted octanol–water partition coefficient (Wildman–Crippen LogP) is 5.15. The molecule has 6 heteroatoms. The molecule has 2 aromatic carbocycles. The van der Waals surface area contributed by atoms with Gasteiger partial charge in [0.2, 0.25) is 0 Å². The fraction of sp³-hybridized carbons (Fsp3) is 0.316. The maximum Gasteiger partial charge on any atom is 0.416 e. The standard InChI is InChI=1S/C19H20F3NO2/c1-12(2)16-9-4-13(3)10-17(16)25-11-18(24)23-15-7-5-14(6-8-15)19(20,21)22/h4-10,12H,11H2,1-3H3,(H,23,24). The lowest BCUT2D eigenvalue weighted by molar-refractivity contribution is -0.137. The largest absolute Gasteiger partial charge is 0.483 e. The molecule has 0 saturated carbocycles. The third-order valence-corrected chi connectivity index (χ3v) is 3.65. The summed E-state index contributed by atoms with van der Waals surface area (Å²) in [6.07, 6.45) is -4.40. The maximum atomic E-state index is 12.5. The Morgan fingerprint density at radius 1 is 1.12 bits per heavy atom. The predicted molar refractivity (Wildman–Crippen MR) is 90.8 cm³/mol. The molecule has 0 radical (unpaired) electrons. The van der Waals surface area contributed by atoms with E-state index in [9.17, 15) is 18.0 Å². The monoisotopic (exact) mass is 351 g/mol. The molecule has 0 spiro atoms. The number of aryl methyl sites for hydroxylation is 1. The van der Waals surface area contributed by atoms with Crippen molar-refractivity contribution in [1.29, 1.82) is 0 Å². The van der Waals surface area contributed by atoms with Gasteiger partial charge in [-0.1, -0.05) is 26.0 Å². The first-order chi connectivity index (χ1) is 11.7. The summed E-state index contributed by atoms with van der Waals surface area (Å²) in [6.45, 7) is 5.77. The van der Waals surface area contributed by atoms with Gasteiger partial charge in [-0.15, -0.1) is 0 Å². The first-order valence-electron chi connectivity index (χ1n) is 7.87. The number of hydrogen-bond donors (Lipinski definition) is 1. The molecule has 1 amide bonds. The molecule has 0 aromatic heterocycles. The molecule has 0 fully saturated rings. The first-order valence-corrected chi connectivity index (χ1v) is 7.87. The third-order valence-electron chi connectivity index (χ3n) is 3.65. The highest BCUT2D eigenvalue weighted by Crippen LogP contribution is 2.30. The topological polar surface area (TPSA) is 38.3 Å². The van der Waals surface area contributed by atoms with E-state index in [1.807, 2.05) is 39.0 Å². The van der Waals surface area contributed by atoms with Crippen molar-refractivity contribution in [3.63, 3.8) is 0 Å². The van der Waals surface area contributed by atoms with Crippen molar-refractivity contribution in [3.8, 4) is 5.75 Å². The van der Waals surface area contributed by atoms with Crippen molar-refractivity contribution in [1.82, 2.24) is 0 Å². The molecule has 2 rings (SSSR count). The second kappa shape index (κ2) is 7.59. The number of carbonyl (C=O) groups excluding carboxylic acids is 1. The fourth-order valence-electron chi connectivity index (χ4n) is 2.33. The highest BCUT2D eigenvalue weighted by molar-refractivity contribution is 5.91. The van der Waals surface area contributed by atoms with Crippen molar-refractivity contribution in [2.24, 2.45) is 0 Å². The van der Waals surface area contributed by atoms with E-state index in [0.717, 1.165) is 23.3 Å². The summed E-state index contributed by atoms with van der Waals surface area (Å²) in [5, 5.41) is 2.52. The molecule has 1 N–H and O–H groups in total. The zero-order valence-corrected chi connectivity index (χ0v) is 14.3. The van der Waals surface area contributed by atoms with Crippen molar-refractivity contribution in [2.75, 3.05) is 11.9 Å². The van der Waals surface area contributed by atoms with Gasteiger partial charge in [0.15, 0.2) is 6.61 Å². The number of hydrogen-bond acceptors (Lipinski definition) is 2. The minimum absolute atomic E-state index is 0.218. The van der Waals surface area contributed by atoms with Crippen LogP contribution >= 0.6 is 0 Å². The second-order valence-electron chi connectivity index (χ2n) is 6.11. The SMILES string of the molecule is Cc1ccc(C(C)C)c(OCC(=O)Nc2ccc(C(F)(F)F)cc2)c1. The van der Waals surface area contributed by atoms with E-state index in [2.05, 4.69) is 5.32 Å². The lowest BCUT2D eigenvalue weighted by Gasteiger charge is -2.15. The van der Waals surface area contributed by atoms with Crippen LogP contribution in [0.2, 0.25) is 0 Å². The number of benzene rings is 2. The summed E-state index contributed by atoms with van der Waals surface area (Å²) in [5.41, 5.74) is 1.54. The summed E-state index contributed by atoms with van der Waals surface area (Å²) in [4.78, 5) is 12.0. The van der Waals surface area contributed by atoms with Crippen molar-refractivity contribution >= 4 is 11.6 Å². The molecule has 0 aliphatic carbocycles. The van der Waals surface area contributed by atoms with Crippen molar-refractivity contribution in [2.45, 2.75) is 32.9 Å². The first kappa shape index (κ1) is 18.8. The fourth-order valence-corrected chi connectivity index (χ4v) is 2.33. The van der Waals surface area contributed by atoms with Gasteiger partial charge < -0.3 is 10.1 Å². The Morgan fingerprint density at radius 3 is 2.32 bits per heavy atom. The Morgan fingerprint density at radius 2 is 1.76 bits per heavy atom. The Hall–Kier alpha value is -2.50. The molecule has 0 unspecified atom stereocenters. The number of halogens is 3. The van der Waals surface area contributed by atoms with E-state index in [-0.39, 0.29) is 18.2 Å². The number of nitrogens with one attached hydrogen (secondary N) is 1. The summed E-state index contributed by atoms with van der Waals surface area (Å²) in [7, 11) is 0. The Kier molecular flexibility index (Phi) is 5.72. The van der Waals surface area contributed by atoms with E-state index >= 15 is 0 Å². The molecule has 0 bridgehead atoms. The zero-order chi connectivity index (χ0) is 18.6. The average molecular weight is 351 g/mol. The summed E-state index contributed by atoms with van der Waals surface area (Å²) >= 11 is 0. The van der Waals surface area contributed by atoms with Gasteiger partial charge >= 0.3 is 6.18 Å². The van der Waals surface area contributed by atoms with Gasteiger partial charge in [0.05, 0.1) is 5.56 Å². The number of alkyl halides is 3. The molecule has 0 saturated heterocycles. The second-order valence-corrected chi connectivity index (χ2v) is 6.11. The van der Waals surface area contributed by atoms with E-state index < -0.39 is 17.6 Å². The van der Waals surface area contributed by atoms with Gasteiger partial charge in [-0.3, -0.25) is 4.79 Å². The number of carbonyl (C=O) groups is 1. The molecular weight excluding hydrogens is 331 g/mol. The van der Waals surface area contributed by atoms with E-state index in [1.54, 1.807) is 0 Å².